The van der Waals surface area contributed by atoms with Gasteiger partial charge in [0.25, 0.3) is 0 Å². The Morgan fingerprint density at radius 1 is 1.31 bits per heavy atom. The van der Waals surface area contributed by atoms with Crippen LogP contribution in [-0.4, -0.2) is 42.9 Å². The van der Waals surface area contributed by atoms with Gasteiger partial charge in [-0.15, -0.1) is 11.8 Å². The number of morpholine rings is 1. The summed E-state index contributed by atoms with van der Waals surface area (Å²) in [5.74, 6) is 1.05. The van der Waals surface area contributed by atoms with Gasteiger partial charge in [-0.1, -0.05) is 18.2 Å². The van der Waals surface area contributed by atoms with Gasteiger partial charge in [0.15, 0.2) is 0 Å². The molecule has 4 heteroatoms. The highest BCUT2D eigenvalue weighted by molar-refractivity contribution is 7.99. The zero-order valence-corrected chi connectivity index (χ0v) is 9.91. The number of amides is 1. The molecule has 16 heavy (non-hydrogen) atoms. The molecule has 86 valence electrons. The normalized spacial score (nSPS) is 16.5. The highest BCUT2D eigenvalue weighted by atomic mass is 32.2. The maximum absolute atomic E-state index is 11.4. The van der Waals surface area contributed by atoms with Crippen molar-refractivity contribution in [3.05, 3.63) is 30.3 Å². The molecule has 1 aliphatic heterocycles. The summed E-state index contributed by atoms with van der Waals surface area (Å²) in [6, 6.07) is 10.2. The van der Waals surface area contributed by atoms with Gasteiger partial charge in [-0.05, 0) is 12.1 Å². The molecule has 0 spiro atoms. The van der Waals surface area contributed by atoms with Crippen molar-refractivity contribution in [2.24, 2.45) is 0 Å². The number of hydrogen-bond acceptors (Lipinski definition) is 3. The lowest BCUT2D eigenvalue weighted by molar-refractivity contribution is -0.142. The first-order valence-corrected chi connectivity index (χ1v) is 6.38. The van der Waals surface area contributed by atoms with Gasteiger partial charge in [-0.25, -0.2) is 0 Å². The first kappa shape index (κ1) is 11.5. The Kier molecular flexibility index (Phi) is 4.25. The number of rotatable bonds is 4. The van der Waals surface area contributed by atoms with E-state index in [1.54, 1.807) is 11.8 Å². The van der Waals surface area contributed by atoms with Crippen molar-refractivity contribution in [3.63, 3.8) is 0 Å². The van der Waals surface area contributed by atoms with Crippen molar-refractivity contribution in [1.29, 1.82) is 0 Å². The fourth-order valence-electron chi connectivity index (χ4n) is 1.58. The van der Waals surface area contributed by atoms with Gasteiger partial charge < -0.3 is 9.64 Å². The summed E-state index contributed by atoms with van der Waals surface area (Å²) in [5.41, 5.74) is 0. The molecule has 3 nitrogen and oxygen atoms in total. The van der Waals surface area contributed by atoms with E-state index in [2.05, 4.69) is 12.1 Å². The van der Waals surface area contributed by atoms with Crippen LogP contribution < -0.4 is 0 Å². The number of ether oxygens (including phenoxy) is 1. The lowest BCUT2D eigenvalue weighted by atomic mass is 10.4. The van der Waals surface area contributed by atoms with Crippen LogP contribution >= 0.6 is 11.8 Å². The van der Waals surface area contributed by atoms with Crippen LogP contribution in [0.25, 0.3) is 0 Å². The van der Waals surface area contributed by atoms with Gasteiger partial charge in [0, 0.05) is 23.7 Å². The first-order chi connectivity index (χ1) is 7.86. The van der Waals surface area contributed by atoms with E-state index in [9.17, 15) is 4.79 Å². The third kappa shape index (κ3) is 3.25. The highest BCUT2D eigenvalue weighted by Crippen LogP contribution is 2.17. The van der Waals surface area contributed by atoms with E-state index in [1.165, 1.54) is 4.90 Å². The summed E-state index contributed by atoms with van der Waals surface area (Å²) in [4.78, 5) is 14.6. The second kappa shape index (κ2) is 5.92. The van der Waals surface area contributed by atoms with Crippen molar-refractivity contribution in [2.75, 3.05) is 32.1 Å². The van der Waals surface area contributed by atoms with Gasteiger partial charge in [-0.2, -0.15) is 0 Å². The van der Waals surface area contributed by atoms with Gasteiger partial charge >= 0.3 is 0 Å². The van der Waals surface area contributed by atoms with Crippen LogP contribution in [0.15, 0.2) is 35.2 Å². The van der Waals surface area contributed by atoms with E-state index in [1.807, 2.05) is 23.1 Å². The molecule has 0 saturated carbocycles. The Bertz CT molecular complexity index is 342. The maximum Gasteiger partial charge on any atom is 0.248 e. The van der Waals surface area contributed by atoms with Crippen LogP contribution in [0, 0.1) is 0 Å². The number of thioether (sulfide) groups is 1. The second-order valence-corrected chi connectivity index (χ2v) is 4.76. The molecule has 0 atom stereocenters. The predicted molar refractivity (Wildman–Crippen MR) is 64.6 cm³/mol. The summed E-state index contributed by atoms with van der Waals surface area (Å²) < 4.78 is 5.08. The van der Waals surface area contributed by atoms with Crippen LogP contribution in [0.1, 0.15) is 0 Å². The third-order valence-corrected chi connectivity index (χ3v) is 3.45. The number of carbonyl (C=O) groups excluding carboxylic acids is 1. The monoisotopic (exact) mass is 237 g/mol. The van der Waals surface area contributed by atoms with Gasteiger partial charge in [0.1, 0.15) is 6.61 Å². The van der Waals surface area contributed by atoms with E-state index >= 15 is 0 Å². The maximum atomic E-state index is 11.4. The van der Waals surface area contributed by atoms with Crippen molar-refractivity contribution in [3.8, 4) is 0 Å². The Balaban J connectivity index is 1.73. The Labute approximate surface area is 99.8 Å². The van der Waals surface area contributed by atoms with Crippen molar-refractivity contribution in [1.82, 2.24) is 4.90 Å². The van der Waals surface area contributed by atoms with Crippen LogP contribution in [0.3, 0.4) is 0 Å². The van der Waals surface area contributed by atoms with E-state index in [0.717, 1.165) is 18.8 Å². The van der Waals surface area contributed by atoms with Gasteiger partial charge in [-0.3, -0.25) is 4.79 Å². The van der Waals surface area contributed by atoms with Crippen LogP contribution in [0.4, 0.5) is 0 Å². The van der Waals surface area contributed by atoms with E-state index < -0.39 is 0 Å². The molecule has 0 unspecified atom stereocenters. The lowest BCUT2D eigenvalue weighted by Gasteiger charge is -2.26. The summed E-state index contributed by atoms with van der Waals surface area (Å²) in [5, 5.41) is 0. The van der Waals surface area contributed by atoms with E-state index in [-0.39, 0.29) is 12.5 Å². The standard InChI is InChI=1S/C12H15NO2S/c14-12-10-15-8-6-13(12)7-9-16-11-4-2-1-3-5-11/h1-5H,6-10H2. The Hall–Kier alpha value is -1.00. The van der Waals surface area contributed by atoms with Gasteiger partial charge in [0.2, 0.25) is 5.91 Å². The third-order valence-electron chi connectivity index (χ3n) is 2.46. The molecule has 0 aromatic heterocycles. The average molecular weight is 237 g/mol. The topological polar surface area (TPSA) is 29.5 Å². The number of carbonyl (C=O) groups is 1. The molecule has 0 radical (unpaired) electrons. The molecule has 2 rings (SSSR count). The van der Waals surface area contributed by atoms with E-state index in [4.69, 9.17) is 4.74 Å². The Morgan fingerprint density at radius 3 is 2.88 bits per heavy atom. The average Bonchev–Trinajstić information content (AvgIpc) is 2.33. The SMILES string of the molecule is O=C1COCCN1CCSc1ccccc1. The van der Waals surface area contributed by atoms with Crippen molar-refractivity contribution in [2.45, 2.75) is 4.90 Å². The minimum atomic E-state index is 0.111. The molecule has 1 amide bonds. The van der Waals surface area contributed by atoms with Crippen LogP contribution in [0.2, 0.25) is 0 Å². The summed E-state index contributed by atoms with van der Waals surface area (Å²) in [7, 11) is 0. The molecular weight excluding hydrogens is 222 g/mol. The number of nitrogens with zero attached hydrogens (tertiary/aromatic N) is 1. The molecular formula is C12H15NO2S. The van der Waals surface area contributed by atoms with Crippen LogP contribution in [0.5, 0.6) is 0 Å². The molecule has 1 aliphatic rings. The largest absolute Gasteiger partial charge is 0.370 e. The molecule has 0 N–H and O–H groups in total. The zero-order chi connectivity index (χ0) is 11.2. The number of benzene rings is 1. The minimum Gasteiger partial charge on any atom is -0.370 e. The Morgan fingerprint density at radius 2 is 2.12 bits per heavy atom. The fraction of sp³-hybridized carbons (Fsp3) is 0.417. The molecule has 0 aliphatic carbocycles. The molecule has 1 aromatic rings. The minimum absolute atomic E-state index is 0.111. The first-order valence-electron chi connectivity index (χ1n) is 5.39. The molecule has 1 fully saturated rings. The van der Waals surface area contributed by atoms with Crippen molar-refractivity contribution < 1.29 is 9.53 Å². The fourth-order valence-corrected chi connectivity index (χ4v) is 2.47. The predicted octanol–water partition coefficient (Wildman–Crippen LogP) is 1.64. The quantitative estimate of drug-likeness (QED) is 0.746. The molecule has 0 bridgehead atoms. The molecule has 1 saturated heterocycles. The molecule has 1 heterocycles. The summed E-state index contributed by atoms with van der Waals surface area (Å²) in [6.45, 7) is 2.45. The lowest BCUT2D eigenvalue weighted by Crippen LogP contribution is -2.42. The van der Waals surface area contributed by atoms with E-state index in [0.29, 0.717) is 6.61 Å². The highest BCUT2D eigenvalue weighted by Gasteiger charge is 2.17. The second-order valence-electron chi connectivity index (χ2n) is 3.59. The number of hydrogen-bond donors (Lipinski definition) is 0. The van der Waals surface area contributed by atoms with Crippen molar-refractivity contribution >= 4 is 17.7 Å². The summed E-state index contributed by atoms with van der Waals surface area (Å²) in [6.07, 6.45) is 0. The smallest absolute Gasteiger partial charge is 0.248 e. The summed E-state index contributed by atoms with van der Waals surface area (Å²) >= 11 is 1.78. The van der Waals surface area contributed by atoms with Crippen LogP contribution in [-0.2, 0) is 9.53 Å². The van der Waals surface area contributed by atoms with Gasteiger partial charge in [0.05, 0.1) is 6.61 Å². The molecule has 1 aromatic carbocycles. The zero-order valence-electron chi connectivity index (χ0n) is 9.09.